The van der Waals surface area contributed by atoms with Crippen LogP contribution in [0.5, 0.6) is 0 Å². The molecular weight excluding hydrogens is 210 g/mol. The molecule has 0 aliphatic carbocycles. The van der Waals surface area contributed by atoms with E-state index in [1.807, 2.05) is 22.8 Å². The first-order valence-corrected chi connectivity index (χ1v) is 5.22. The van der Waals surface area contributed by atoms with E-state index in [-0.39, 0.29) is 5.54 Å². The Balaban J connectivity index is 2.89. The smallest absolute Gasteiger partial charge is 0.201 e. The fourth-order valence-corrected chi connectivity index (χ4v) is 2.04. The average Bonchev–Trinajstić information content (AvgIpc) is 2.41. The number of para-hydroxylation sites is 1. The summed E-state index contributed by atoms with van der Waals surface area (Å²) in [5, 5.41) is 0.687. The molecule has 2 N–H and O–H groups in total. The quantitative estimate of drug-likeness (QED) is 0.746. The number of nitrogens with zero attached hydrogens (tertiary/aromatic N) is 2. The standard InChI is InChI=1S/C11H14ClN3/c1-11(2,3)15-9-7(12)5-4-6-8(9)14-10(15)13/h4-6H,1-3H3,(H2,13,14). The summed E-state index contributed by atoms with van der Waals surface area (Å²) in [5.74, 6) is 0.505. The van der Waals surface area contributed by atoms with E-state index in [0.29, 0.717) is 11.0 Å². The van der Waals surface area contributed by atoms with Crippen molar-refractivity contribution in [3.8, 4) is 0 Å². The SMILES string of the molecule is CC(C)(C)n1c(N)nc2cccc(Cl)c21. The molecule has 0 saturated carbocycles. The molecule has 0 aliphatic rings. The zero-order chi connectivity index (χ0) is 11.2. The van der Waals surface area contributed by atoms with Crippen LogP contribution in [0.15, 0.2) is 18.2 Å². The van der Waals surface area contributed by atoms with Gasteiger partial charge >= 0.3 is 0 Å². The molecule has 0 amide bonds. The van der Waals surface area contributed by atoms with Gasteiger partial charge in [0.25, 0.3) is 0 Å². The number of nitrogens with two attached hydrogens (primary N) is 1. The highest BCUT2D eigenvalue weighted by Gasteiger charge is 2.21. The van der Waals surface area contributed by atoms with Gasteiger partial charge in [-0.3, -0.25) is 0 Å². The minimum Gasteiger partial charge on any atom is -0.369 e. The lowest BCUT2D eigenvalue weighted by Crippen LogP contribution is -2.23. The number of halogens is 1. The Hall–Kier alpha value is -1.22. The largest absolute Gasteiger partial charge is 0.369 e. The summed E-state index contributed by atoms with van der Waals surface area (Å²) in [6, 6.07) is 5.65. The molecule has 80 valence electrons. The van der Waals surface area contributed by atoms with Gasteiger partial charge in [-0.25, -0.2) is 4.98 Å². The highest BCUT2D eigenvalue weighted by Crippen LogP contribution is 2.30. The molecule has 0 radical (unpaired) electrons. The molecule has 1 aromatic heterocycles. The summed E-state index contributed by atoms with van der Waals surface area (Å²) in [5.41, 5.74) is 7.53. The van der Waals surface area contributed by atoms with Gasteiger partial charge in [0.2, 0.25) is 5.95 Å². The summed E-state index contributed by atoms with van der Waals surface area (Å²) in [6.07, 6.45) is 0. The van der Waals surface area contributed by atoms with Gasteiger partial charge in [0.05, 0.1) is 16.1 Å². The lowest BCUT2D eigenvalue weighted by Gasteiger charge is -2.23. The first-order chi connectivity index (χ1) is 6.91. The summed E-state index contributed by atoms with van der Waals surface area (Å²) in [6.45, 7) is 6.23. The van der Waals surface area contributed by atoms with Crippen molar-refractivity contribution in [1.82, 2.24) is 9.55 Å². The molecule has 0 bridgehead atoms. The van der Waals surface area contributed by atoms with Gasteiger partial charge in [0.1, 0.15) is 0 Å². The van der Waals surface area contributed by atoms with Gasteiger partial charge in [-0.15, -0.1) is 0 Å². The summed E-state index contributed by atoms with van der Waals surface area (Å²) in [4.78, 5) is 4.30. The number of aromatic nitrogens is 2. The molecule has 2 rings (SSSR count). The normalized spacial score (nSPS) is 12.3. The predicted molar refractivity (Wildman–Crippen MR) is 64.2 cm³/mol. The Kier molecular flexibility index (Phi) is 2.15. The predicted octanol–water partition coefficient (Wildman–Crippen LogP) is 3.03. The Morgan fingerprint density at radius 2 is 2.00 bits per heavy atom. The molecule has 0 fully saturated rings. The maximum atomic E-state index is 6.17. The number of nitrogen functional groups attached to an aromatic ring is 1. The second-order valence-electron chi connectivity index (χ2n) is 4.58. The van der Waals surface area contributed by atoms with Crippen LogP contribution in [0.3, 0.4) is 0 Å². The zero-order valence-corrected chi connectivity index (χ0v) is 9.84. The second-order valence-corrected chi connectivity index (χ2v) is 4.99. The Morgan fingerprint density at radius 3 is 2.60 bits per heavy atom. The van der Waals surface area contributed by atoms with E-state index in [4.69, 9.17) is 17.3 Å². The van der Waals surface area contributed by atoms with E-state index in [0.717, 1.165) is 11.0 Å². The first kappa shape index (κ1) is 10.3. The molecule has 4 heteroatoms. The molecule has 1 aromatic carbocycles. The van der Waals surface area contributed by atoms with Crippen LogP contribution in [-0.2, 0) is 5.54 Å². The maximum Gasteiger partial charge on any atom is 0.201 e. The van der Waals surface area contributed by atoms with E-state index in [1.165, 1.54) is 0 Å². The highest BCUT2D eigenvalue weighted by atomic mass is 35.5. The van der Waals surface area contributed by atoms with Crippen LogP contribution >= 0.6 is 11.6 Å². The monoisotopic (exact) mass is 223 g/mol. The number of imidazole rings is 1. The lowest BCUT2D eigenvalue weighted by atomic mass is 10.1. The van der Waals surface area contributed by atoms with Gasteiger partial charge in [-0.2, -0.15) is 0 Å². The van der Waals surface area contributed by atoms with Gasteiger partial charge in [-0.1, -0.05) is 17.7 Å². The third-order valence-electron chi connectivity index (χ3n) is 2.32. The van der Waals surface area contributed by atoms with Crippen molar-refractivity contribution in [3.05, 3.63) is 23.2 Å². The number of fused-ring (bicyclic) bond motifs is 1. The fraction of sp³-hybridized carbons (Fsp3) is 0.364. The molecule has 0 atom stereocenters. The third-order valence-corrected chi connectivity index (χ3v) is 2.63. The van der Waals surface area contributed by atoms with Gasteiger partial charge in [0.15, 0.2) is 0 Å². The summed E-state index contributed by atoms with van der Waals surface area (Å²) < 4.78 is 1.96. The van der Waals surface area contributed by atoms with Crippen LogP contribution in [0.1, 0.15) is 20.8 Å². The molecule has 2 aromatic rings. The van der Waals surface area contributed by atoms with Crippen LogP contribution < -0.4 is 5.73 Å². The lowest BCUT2D eigenvalue weighted by molar-refractivity contribution is 0.414. The molecular formula is C11H14ClN3. The molecule has 3 nitrogen and oxygen atoms in total. The molecule has 0 saturated heterocycles. The minimum absolute atomic E-state index is 0.121. The van der Waals surface area contributed by atoms with E-state index in [2.05, 4.69) is 25.8 Å². The number of hydrogen-bond donors (Lipinski definition) is 1. The topological polar surface area (TPSA) is 43.8 Å². The number of hydrogen-bond acceptors (Lipinski definition) is 2. The van der Waals surface area contributed by atoms with E-state index >= 15 is 0 Å². The minimum atomic E-state index is -0.121. The molecule has 1 heterocycles. The molecule has 0 spiro atoms. The van der Waals surface area contributed by atoms with Crippen molar-refractivity contribution in [1.29, 1.82) is 0 Å². The summed E-state index contributed by atoms with van der Waals surface area (Å²) in [7, 11) is 0. The third kappa shape index (κ3) is 1.57. The summed E-state index contributed by atoms with van der Waals surface area (Å²) >= 11 is 6.17. The van der Waals surface area contributed by atoms with Crippen LogP contribution in [0.2, 0.25) is 5.02 Å². The van der Waals surface area contributed by atoms with Crippen LogP contribution in [0.25, 0.3) is 11.0 Å². The van der Waals surface area contributed by atoms with E-state index in [9.17, 15) is 0 Å². The van der Waals surface area contributed by atoms with Crippen molar-refractivity contribution in [2.24, 2.45) is 0 Å². The fourth-order valence-electron chi connectivity index (χ4n) is 1.78. The van der Waals surface area contributed by atoms with Gasteiger partial charge < -0.3 is 10.3 Å². The number of rotatable bonds is 0. The van der Waals surface area contributed by atoms with E-state index < -0.39 is 0 Å². The van der Waals surface area contributed by atoms with Crippen molar-refractivity contribution >= 4 is 28.6 Å². The number of benzene rings is 1. The average molecular weight is 224 g/mol. The Labute approximate surface area is 93.9 Å². The van der Waals surface area contributed by atoms with Crippen molar-refractivity contribution in [2.75, 3.05) is 5.73 Å². The first-order valence-electron chi connectivity index (χ1n) is 4.84. The highest BCUT2D eigenvalue weighted by molar-refractivity contribution is 6.35. The molecule has 0 unspecified atom stereocenters. The van der Waals surface area contributed by atoms with Crippen LogP contribution in [0, 0.1) is 0 Å². The molecule has 15 heavy (non-hydrogen) atoms. The van der Waals surface area contributed by atoms with Crippen LogP contribution in [0.4, 0.5) is 5.95 Å². The molecule has 0 aliphatic heterocycles. The van der Waals surface area contributed by atoms with Crippen LogP contribution in [-0.4, -0.2) is 9.55 Å². The van der Waals surface area contributed by atoms with Crippen molar-refractivity contribution in [2.45, 2.75) is 26.3 Å². The van der Waals surface area contributed by atoms with Gasteiger partial charge in [0, 0.05) is 5.54 Å². The Bertz CT molecular complexity index is 508. The van der Waals surface area contributed by atoms with Crippen molar-refractivity contribution in [3.63, 3.8) is 0 Å². The number of anilines is 1. The van der Waals surface area contributed by atoms with Crippen molar-refractivity contribution < 1.29 is 0 Å². The van der Waals surface area contributed by atoms with E-state index in [1.54, 1.807) is 0 Å². The Morgan fingerprint density at radius 1 is 1.33 bits per heavy atom. The second kappa shape index (κ2) is 3.14. The maximum absolute atomic E-state index is 6.17. The van der Waals surface area contributed by atoms with Gasteiger partial charge in [-0.05, 0) is 32.9 Å². The zero-order valence-electron chi connectivity index (χ0n) is 9.08.